The molecule has 0 heterocycles. The van der Waals surface area contributed by atoms with Gasteiger partial charge in [-0.15, -0.1) is 9.68 Å². The van der Waals surface area contributed by atoms with Crippen LogP contribution in [-0.2, 0) is 9.68 Å². The monoisotopic (exact) mass is 243 g/mol. The third kappa shape index (κ3) is 2.76. The molecule has 0 saturated heterocycles. The van der Waals surface area contributed by atoms with Gasteiger partial charge < -0.3 is 0 Å². The molecule has 93 valence electrons. The lowest BCUT2D eigenvalue weighted by atomic mass is 9.99. The van der Waals surface area contributed by atoms with E-state index in [0.717, 1.165) is 11.1 Å². The molecule has 18 heavy (non-hydrogen) atoms. The molecule has 0 aliphatic carbocycles. The highest BCUT2D eigenvalue weighted by Gasteiger charge is 2.34. The first-order chi connectivity index (χ1) is 8.86. The van der Waals surface area contributed by atoms with Crippen molar-refractivity contribution in [2.45, 2.75) is 6.04 Å². The zero-order valence-electron chi connectivity index (χ0n) is 10.6. The van der Waals surface area contributed by atoms with Gasteiger partial charge in [-0.25, -0.2) is 0 Å². The lowest BCUT2D eigenvalue weighted by molar-refractivity contribution is -0.266. The van der Waals surface area contributed by atoms with Crippen LogP contribution in [-0.4, -0.2) is 14.2 Å². The Labute approximate surface area is 107 Å². The Kier molecular flexibility index (Phi) is 4.47. The van der Waals surface area contributed by atoms with Gasteiger partial charge in [-0.2, -0.15) is 0 Å². The molecule has 2 aromatic rings. The minimum absolute atomic E-state index is 0.0811. The van der Waals surface area contributed by atoms with E-state index < -0.39 is 0 Å². The van der Waals surface area contributed by atoms with E-state index >= 15 is 0 Å². The maximum atomic E-state index is 5.28. The Morgan fingerprint density at radius 2 is 1.11 bits per heavy atom. The molecule has 2 aromatic carbocycles. The van der Waals surface area contributed by atoms with Crippen LogP contribution in [0.3, 0.4) is 0 Å². The van der Waals surface area contributed by atoms with E-state index in [-0.39, 0.29) is 6.04 Å². The molecule has 0 spiro atoms. The zero-order valence-corrected chi connectivity index (χ0v) is 10.6. The second kappa shape index (κ2) is 6.31. The first-order valence-corrected chi connectivity index (χ1v) is 5.84. The minimum atomic E-state index is -0.0811. The summed E-state index contributed by atoms with van der Waals surface area (Å²) in [5.74, 6) is 0. The Bertz CT molecular complexity index is 415. The summed E-state index contributed by atoms with van der Waals surface area (Å²) in [5.41, 5.74) is 2.24. The molecule has 3 nitrogen and oxygen atoms in total. The average Bonchev–Trinajstić information content (AvgIpc) is 2.46. The quantitative estimate of drug-likeness (QED) is 0.754. The van der Waals surface area contributed by atoms with Crippen molar-refractivity contribution >= 4 is 0 Å². The largest absolute Gasteiger partial charge is 0.261 e. The highest BCUT2D eigenvalue weighted by molar-refractivity contribution is 5.31. The first kappa shape index (κ1) is 12.8. The summed E-state index contributed by atoms with van der Waals surface area (Å²) in [5, 5.41) is 1.49. The maximum Gasteiger partial charge on any atom is 0.261 e. The summed E-state index contributed by atoms with van der Waals surface area (Å²) >= 11 is 0. The molecule has 0 aliphatic rings. The van der Waals surface area contributed by atoms with Gasteiger partial charge in [-0.1, -0.05) is 60.7 Å². The number of benzene rings is 2. The molecule has 0 aromatic heterocycles. The van der Waals surface area contributed by atoms with Gasteiger partial charge in [0.1, 0.15) is 14.2 Å². The summed E-state index contributed by atoms with van der Waals surface area (Å²) < 4.78 is 0. The second-order valence-electron chi connectivity index (χ2n) is 3.87. The van der Waals surface area contributed by atoms with Crippen LogP contribution in [0.25, 0.3) is 0 Å². The highest BCUT2D eigenvalue weighted by atomic mass is 16.9. The van der Waals surface area contributed by atoms with Gasteiger partial charge in [-0.05, 0) is 0 Å². The number of rotatable bonds is 5. The Morgan fingerprint density at radius 1 is 0.722 bits per heavy atom. The van der Waals surface area contributed by atoms with E-state index in [1.165, 1.54) is 5.23 Å². The zero-order chi connectivity index (χ0) is 12.8. The van der Waals surface area contributed by atoms with Crippen LogP contribution in [0.15, 0.2) is 60.7 Å². The van der Waals surface area contributed by atoms with Crippen LogP contribution < -0.4 is 5.23 Å². The van der Waals surface area contributed by atoms with E-state index in [1.807, 2.05) is 36.4 Å². The third-order valence-electron chi connectivity index (χ3n) is 2.80. The van der Waals surface area contributed by atoms with Gasteiger partial charge in [0.2, 0.25) is 0 Å². The molecule has 0 unspecified atom stereocenters. The molecule has 0 fully saturated rings. The summed E-state index contributed by atoms with van der Waals surface area (Å²) in [6.45, 7) is 0. The molecule has 1 radical (unpaired) electrons. The summed E-state index contributed by atoms with van der Waals surface area (Å²) in [6.07, 6.45) is 0. The van der Waals surface area contributed by atoms with Crippen LogP contribution in [0.2, 0.25) is 0 Å². The molecule has 0 N–H and O–H groups in total. The van der Waals surface area contributed by atoms with Gasteiger partial charge >= 0.3 is 0 Å². The van der Waals surface area contributed by atoms with E-state index in [0.29, 0.717) is 0 Å². The molecule has 0 aliphatic heterocycles. The van der Waals surface area contributed by atoms with Crippen molar-refractivity contribution in [1.82, 2.24) is 5.23 Å². The molecular formula is C15H17NO2+. The lowest BCUT2D eigenvalue weighted by Gasteiger charge is -2.15. The van der Waals surface area contributed by atoms with Crippen LogP contribution in [0.1, 0.15) is 17.2 Å². The van der Waals surface area contributed by atoms with Gasteiger partial charge in [0.15, 0.2) is 5.23 Å². The molecule has 3 heteroatoms. The fourth-order valence-electron chi connectivity index (χ4n) is 1.99. The number of nitrogens with zero attached hydrogens (tertiary/aromatic N) is 1. The van der Waals surface area contributed by atoms with Crippen molar-refractivity contribution < 1.29 is 9.68 Å². The van der Waals surface area contributed by atoms with Crippen molar-refractivity contribution in [2.24, 2.45) is 0 Å². The topological polar surface area (TPSA) is 24.4 Å². The number of hydrogen-bond acceptors (Lipinski definition) is 3. The van der Waals surface area contributed by atoms with Crippen LogP contribution >= 0.6 is 0 Å². The minimum Gasteiger partial charge on any atom is -0.112 e. The number of hydrogen-bond donors (Lipinski definition) is 0. The van der Waals surface area contributed by atoms with Crippen LogP contribution in [0, 0.1) is 0 Å². The Hall–Kier alpha value is -1.68. The molecule has 0 bridgehead atoms. The summed E-state index contributed by atoms with van der Waals surface area (Å²) in [4.78, 5) is 10.6. The number of hydroxylamine groups is 2. The third-order valence-corrected chi connectivity index (χ3v) is 2.80. The molecule has 0 atom stereocenters. The maximum absolute atomic E-state index is 5.28. The van der Waals surface area contributed by atoms with Gasteiger partial charge in [0, 0.05) is 11.1 Å². The lowest BCUT2D eigenvalue weighted by Crippen LogP contribution is -2.33. The van der Waals surface area contributed by atoms with E-state index in [1.54, 1.807) is 14.2 Å². The van der Waals surface area contributed by atoms with Gasteiger partial charge in [0.25, 0.3) is 6.04 Å². The fourth-order valence-corrected chi connectivity index (χ4v) is 1.99. The first-order valence-electron chi connectivity index (χ1n) is 5.84. The van der Waals surface area contributed by atoms with Crippen molar-refractivity contribution in [3.05, 3.63) is 71.8 Å². The Morgan fingerprint density at radius 3 is 1.44 bits per heavy atom. The second-order valence-corrected chi connectivity index (χ2v) is 3.87. The van der Waals surface area contributed by atoms with Gasteiger partial charge in [-0.3, -0.25) is 0 Å². The van der Waals surface area contributed by atoms with Crippen LogP contribution in [0.4, 0.5) is 0 Å². The van der Waals surface area contributed by atoms with E-state index in [4.69, 9.17) is 9.68 Å². The van der Waals surface area contributed by atoms with Crippen molar-refractivity contribution in [2.75, 3.05) is 14.2 Å². The average molecular weight is 243 g/mol. The SMILES string of the molecule is CO[N+](OC)C(c1ccccc1)c1ccccc1. The molecular weight excluding hydrogens is 226 g/mol. The van der Waals surface area contributed by atoms with E-state index in [9.17, 15) is 0 Å². The van der Waals surface area contributed by atoms with E-state index in [2.05, 4.69) is 24.3 Å². The fraction of sp³-hybridized carbons (Fsp3) is 0.200. The van der Waals surface area contributed by atoms with Crippen molar-refractivity contribution in [3.8, 4) is 0 Å². The standard InChI is InChI=1S/C15H17NO2/c1-17-16(18-2)15(13-9-5-3-6-10-13)14-11-7-4-8-12-14/h3-12,15H,1-2H3/q+1. The van der Waals surface area contributed by atoms with Crippen molar-refractivity contribution in [3.63, 3.8) is 0 Å². The Balaban J connectivity index is 2.41. The predicted octanol–water partition coefficient (Wildman–Crippen LogP) is 3.04. The predicted molar refractivity (Wildman–Crippen MR) is 70.9 cm³/mol. The summed E-state index contributed by atoms with van der Waals surface area (Å²) in [6, 6.07) is 20.2. The smallest absolute Gasteiger partial charge is 0.112 e. The summed E-state index contributed by atoms with van der Waals surface area (Å²) in [7, 11) is 3.20. The molecule has 0 amide bonds. The molecule has 2 rings (SSSR count). The highest BCUT2D eigenvalue weighted by Crippen LogP contribution is 2.26. The van der Waals surface area contributed by atoms with Gasteiger partial charge in [0.05, 0.1) is 0 Å². The van der Waals surface area contributed by atoms with Crippen molar-refractivity contribution in [1.29, 1.82) is 0 Å². The molecule has 0 saturated carbocycles. The normalized spacial score (nSPS) is 11.1. The van der Waals surface area contributed by atoms with Crippen LogP contribution in [0.5, 0.6) is 0 Å².